The molecule has 2 aromatic carbocycles. The summed E-state index contributed by atoms with van der Waals surface area (Å²) in [4.78, 5) is 7.08. The number of hydrogen-bond donors (Lipinski definition) is 1. The van der Waals surface area contributed by atoms with E-state index in [2.05, 4.69) is 46.6 Å². The van der Waals surface area contributed by atoms with Gasteiger partial charge in [0.25, 0.3) is 0 Å². The smallest absolute Gasteiger partial charge is 0.175 e. The average molecular weight is 371 g/mol. The third-order valence-corrected chi connectivity index (χ3v) is 5.00. The molecule has 0 amide bonds. The first-order valence-corrected chi connectivity index (χ1v) is 9.50. The molecule has 2 aromatic heterocycles. The average Bonchev–Trinajstić information content (AvgIpc) is 3.25. The Morgan fingerprint density at radius 3 is 2.46 bits per heavy atom. The van der Waals surface area contributed by atoms with Crippen LogP contribution in [0, 0.1) is 0 Å². The van der Waals surface area contributed by atoms with Crippen LogP contribution in [0.3, 0.4) is 0 Å². The van der Waals surface area contributed by atoms with Gasteiger partial charge in [0.2, 0.25) is 0 Å². The highest BCUT2D eigenvalue weighted by Crippen LogP contribution is 2.31. The maximum absolute atomic E-state index is 5.68. The highest BCUT2D eigenvalue weighted by atomic mass is 16.5. The van der Waals surface area contributed by atoms with Gasteiger partial charge in [-0.25, -0.2) is 4.98 Å². The van der Waals surface area contributed by atoms with Crippen LogP contribution in [0.15, 0.2) is 77.4 Å². The number of rotatable bonds is 4. The lowest BCUT2D eigenvalue weighted by molar-refractivity contribution is 0.122. The van der Waals surface area contributed by atoms with E-state index in [-0.39, 0.29) is 0 Å². The van der Waals surface area contributed by atoms with Gasteiger partial charge in [-0.15, -0.1) is 0 Å². The minimum Gasteiger partial charge on any atom is -0.460 e. The summed E-state index contributed by atoms with van der Waals surface area (Å²) >= 11 is 0. The number of fused-ring (bicyclic) bond motifs is 1. The molecular weight excluding hydrogens is 350 g/mol. The monoisotopic (exact) mass is 371 g/mol. The van der Waals surface area contributed by atoms with Crippen molar-refractivity contribution in [2.45, 2.75) is 0 Å². The van der Waals surface area contributed by atoms with Gasteiger partial charge < -0.3 is 19.4 Å². The summed E-state index contributed by atoms with van der Waals surface area (Å²) in [6.45, 7) is 3.45. The molecule has 1 fully saturated rings. The second kappa shape index (κ2) is 7.37. The number of benzene rings is 2. The molecule has 28 heavy (non-hydrogen) atoms. The highest BCUT2D eigenvalue weighted by molar-refractivity contribution is 5.91. The van der Waals surface area contributed by atoms with E-state index in [1.807, 2.05) is 30.3 Å². The van der Waals surface area contributed by atoms with E-state index in [9.17, 15) is 0 Å². The lowest BCUT2D eigenvalue weighted by atomic mass is 10.1. The molecule has 0 radical (unpaired) electrons. The van der Waals surface area contributed by atoms with Gasteiger partial charge in [-0.1, -0.05) is 30.3 Å². The summed E-state index contributed by atoms with van der Waals surface area (Å²) in [7, 11) is 0. The van der Waals surface area contributed by atoms with E-state index < -0.39 is 0 Å². The van der Waals surface area contributed by atoms with Crippen LogP contribution in [0.4, 0.5) is 17.1 Å². The SMILES string of the molecule is c1ccc(-c2cc(Nc3ccc(N4CCOCC4)cc3)c3occc3n2)cc1. The molecule has 1 N–H and O–H groups in total. The Balaban J connectivity index is 1.45. The summed E-state index contributed by atoms with van der Waals surface area (Å²) in [6, 6.07) is 22.6. The van der Waals surface area contributed by atoms with Crippen molar-refractivity contribution in [1.29, 1.82) is 0 Å². The number of aromatic nitrogens is 1. The van der Waals surface area contributed by atoms with Crippen LogP contribution in [0.2, 0.25) is 0 Å². The maximum Gasteiger partial charge on any atom is 0.175 e. The second-order valence-corrected chi connectivity index (χ2v) is 6.83. The van der Waals surface area contributed by atoms with Crippen molar-refractivity contribution in [2.24, 2.45) is 0 Å². The fourth-order valence-corrected chi connectivity index (χ4v) is 3.54. The summed E-state index contributed by atoms with van der Waals surface area (Å²) in [5.41, 5.74) is 6.74. The molecule has 4 aromatic rings. The standard InChI is InChI=1S/C23H21N3O2/c1-2-4-17(5-3-1)21-16-22(23-20(25-21)10-13-28-23)24-18-6-8-19(9-7-18)26-11-14-27-15-12-26/h1-10,13,16H,11-12,14-15H2,(H,24,25). The van der Waals surface area contributed by atoms with Gasteiger partial charge in [0.15, 0.2) is 5.58 Å². The van der Waals surface area contributed by atoms with Crippen molar-refractivity contribution in [3.05, 3.63) is 73.0 Å². The first-order valence-electron chi connectivity index (χ1n) is 9.50. The molecule has 5 rings (SSSR count). The molecule has 1 aliphatic rings. The number of nitrogens with zero attached hydrogens (tertiary/aromatic N) is 2. The van der Waals surface area contributed by atoms with Crippen molar-refractivity contribution >= 4 is 28.2 Å². The van der Waals surface area contributed by atoms with E-state index in [4.69, 9.17) is 14.1 Å². The summed E-state index contributed by atoms with van der Waals surface area (Å²) in [5.74, 6) is 0. The minimum atomic E-state index is 0.761. The maximum atomic E-state index is 5.68. The molecule has 3 heterocycles. The number of hydrogen-bond acceptors (Lipinski definition) is 5. The molecule has 5 heteroatoms. The number of anilines is 3. The zero-order chi connectivity index (χ0) is 18.8. The Labute approximate surface area is 163 Å². The normalized spacial score (nSPS) is 14.4. The molecule has 1 saturated heterocycles. The van der Waals surface area contributed by atoms with Crippen molar-refractivity contribution in [3.8, 4) is 11.3 Å². The van der Waals surface area contributed by atoms with Gasteiger partial charge >= 0.3 is 0 Å². The van der Waals surface area contributed by atoms with Crippen LogP contribution in [-0.2, 0) is 4.74 Å². The first-order chi connectivity index (χ1) is 13.9. The molecule has 1 aliphatic heterocycles. The van der Waals surface area contributed by atoms with Gasteiger partial charge in [0, 0.05) is 36.1 Å². The highest BCUT2D eigenvalue weighted by Gasteiger charge is 2.13. The fourth-order valence-electron chi connectivity index (χ4n) is 3.54. The molecule has 0 aliphatic carbocycles. The largest absolute Gasteiger partial charge is 0.460 e. The van der Waals surface area contributed by atoms with Crippen LogP contribution in [-0.4, -0.2) is 31.3 Å². The predicted octanol–water partition coefficient (Wildman–Crippen LogP) is 5.08. The quantitative estimate of drug-likeness (QED) is 0.542. The molecule has 0 spiro atoms. The zero-order valence-electron chi connectivity index (χ0n) is 15.5. The molecule has 140 valence electrons. The Bertz CT molecular complexity index is 1070. The summed E-state index contributed by atoms with van der Waals surface area (Å²) in [5, 5.41) is 3.50. The topological polar surface area (TPSA) is 50.5 Å². The first kappa shape index (κ1) is 16.8. The van der Waals surface area contributed by atoms with Crippen LogP contribution in [0.1, 0.15) is 0 Å². The van der Waals surface area contributed by atoms with Crippen LogP contribution in [0.25, 0.3) is 22.4 Å². The molecule has 0 bridgehead atoms. The molecule has 5 nitrogen and oxygen atoms in total. The number of pyridine rings is 1. The lowest BCUT2D eigenvalue weighted by Gasteiger charge is -2.28. The number of ether oxygens (including phenoxy) is 1. The Morgan fingerprint density at radius 1 is 0.893 bits per heavy atom. The summed E-state index contributed by atoms with van der Waals surface area (Å²) in [6.07, 6.45) is 1.68. The fraction of sp³-hybridized carbons (Fsp3) is 0.174. The van der Waals surface area contributed by atoms with E-state index in [0.717, 1.165) is 60.0 Å². The molecular formula is C23H21N3O2. The van der Waals surface area contributed by atoms with E-state index in [0.29, 0.717) is 0 Å². The third kappa shape index (κ3) is 3.32. The van der Waals surface area contributed by atoms with Crippen molar-refractivity contribution in [3.63, 3.8) is 0 Å². The van der Waals surface area contributed by atoms with Crippen molar-refractivity contribution in [2.75, 3.05) is 36.5 Å². The van der Waals surface area contributed by atoms with Gasteiger partial charge in [-0.2, -0.15) is 0 Å². The lowest BCUT2D eigenvalue weighted by Crippen LogP contribution is -2.36. The predicted molar refractivity (Wildman–Crippen MR) is 112 cm³/mol. The number of morpholine rings is 1. The molecule has 0 saturated carbocycles. The van der Waals surface area contributed by atoms with Crippen LogP contribution in [0.5, 0.6) is 0 Å². The van der Waals surface area contributed by atoms with E-state index in [1.54, 1.807) is 6.26 Å². The van der Waals surface area contributed by atoms with Crippen LogP contribution < -0.4 is 10.2 Å². The number of nitrogens with one attached hydrogen (secondary N) is 1. The van der Waals surface area contributed by atoms with Gasteiger partial charge in [0.05, 0.1) is 30.9 Å². The van der Waals surface area contributed by atoms with Gasteiger partial charge in [-0.3, -0.25) is 0 Å². The third-order valence-electron chi connectivity index (χ3n) is 5.00. The zero-order valence-corrected chi connectivity index (χ0v) is 15.5. The second-order valence-electron chi connectivity index (χ2n) is 6.83. The van der Waals surface area contributed by atoms with Crippen molar-refractivity contribution in [1.82, 2.24) is 4.98 Å². The van der Waals surface area contributed by atoms with Gasteiger partial charge in [-0.05, 0) is 30.3 Å². The van der Waals surface area contributed by atoms with Crippen molar-refractivity contribution < 1.29 is 9.15 Å². The minimum absolute atomic E-state index is 0.761. The van der Waals surface area contributed by atoms with E-state index >= 15 is 0 Å². The van der Waals surface area contributed by atoms with Gasteiger partial charge in [0.1, 0.15) is 5.52 Å². The number of furan rings is 1. The molecule has 0 unspecified atom stereocenters. The van der Waals surface area contributed by atoms with E-state index in [1.165, 1.54) is 5.69 Å². The Hall–Kier alpha value is -3.31. The molecule has 0 atom stereocenters. The summed E-state index contributed by atoms with van der Waals surface area (Å²) < 4.78 is 11.1. The Kier molecular flexibility index (Phi) is 4.43. The van der Waals surface area contributed by atoms with Crippen LogP contribution >= 0.6 is 0 Å². The Morgan fingerprint density at radius 2 is 1.68 bits per heavy atom.